The summed E-state index contributed by atoms with van der Waals surface area (Å²) in [5, 5.41) is 21.1. The number of fused-ring (bicyclic) bond motifs is 16. The summed E-state index contributed by atoms with van der Waals surface area (Å²) in [6, 6.07) is 5.38. The fourth-order valence-corrected chi connectivity index (χ4v) is 4.11. The Balaban J connectivity index is 2.40. The maximum atomic E-state index is 13.5. The molecule has 3 rings (SSSR count). The summed E-state index contributed by atoms with van der Waals surface area (Å²) in [4.78, 5) is 38.2. The van der Waals surface area contributed by atoms with E-state index in [4.69, 9.17) is 9.47 Å². The number of aliphatic hydroxyl groups excluding tert-OH is 1. The Morgan fingerprint density at radius 1 is 1.19 bits per heavy atom. The van der Waals surface area contributed by atoms with E-state index in [2.05, 4.69) is 35.1 Å². The van der Waals surface area contributed by atoms with E-state index in [1.54, 1.807) is 12.1 Å². The summed E-state index contributed by atoms with van der Waals surface area (Å²) in [6.45, 7) is 5.87. The van der Waals surface area contributed by atoms with Gasteiger partial charge in [0.05, 0.1) is 19.1 Å². The molecular weight excluding hydrogens is 464 g/mol. The van der Waals surface area contributed by atoms with Crippen molar-refractivity contribution < 1.29 is 29.0 Å². The number of aliphatic hydroxyl groups is 1. The van der Waals surface area contributed by atoms with Gasteiger partial charge in [-0.05, 0) is 55.8 Å². The molecule has 5 N–H and O–H groups in total. The van der Waals surface area contributed by atoms with Crippen molar-refractivity contribution in [2.75, 3.05) is 53.0 Å². The van der Waals surface area contributed by atoms with Crippen LogP contribution in [0.3, 0.4) is 0 Å². The van der Waals surface area contributed by atoms with Crippen LogP contribution in [-0.2, 0) is 20.8 Å². The van der Waals surface area contributed by atoms with Crippen molar-refractivity contribution in [1.82, 2.24) is 21.3 Å². The number of hydrogen-bond acceptors (Lipinski definition) is 7. The third kappa shape index (κ3) is 9.66. The van der Waals surface area contributed by atoms with Crippen LogP contribution >= 0.6 is 0 Å². The van der Waals surface area contributed by atoms with Crippen LogP contribution in [0, 0.1) is 11.3 Å². The SMILES string of the molecule is COc1cc2ccc1OCC(=O)NCCNCCCC(=O)NCC(CCC(C)C)(C(=O)NCCO)C2. The predicted octanol–water partition coefficient (Wildman–Crippen LogP) is 0.763. The standard InChI is InChI=1S/C26H42N4O6/c1-19(2)8-9-26(25(34)29-13-14-31)16-20-6-7-21(22(15-20)35-3)36-17-24(33)28-12-11-27-10-4-5-23(32)30-18-26/h6-7,15,19,27,31H,4-5,8-14,16-18H2,1-3H3,(H,28,33)(H,29,34)(H,30,32). The molecule has 2 aliphatic rings. The first-order valence-corrected chi connectivity index (χ1v) is 12.7. The zero-order chi connectivity index (χ0) is 26.4. The topological polar surface area (TPSA) is 138 Å². The van der Waals surface area contributed by atoms with Crippen molar-refractivity contribution >= 4 is 17.7 Å². The van der Waals surface area contributed by atoms with Gasteiger partial charge in [0.25, 0.3) is 5.91 Å². The number of benzene rings is 1. The highest BCUT2D eigenvalue weighted by molar-refractivity contribution is 5.84. The van der Waals surface area contributed by atoms with Gasteiger partial charge >= 0.3 is 0 Å². The van der Waals surface area contributed by atoms with E-state index < -0.39 is 5.41 Å². The maximum Gasteiger partial charge on any atom is 0.257 e. The molecule has 3 amide bonds. The van der Waals surface area contributed by atoms with E-state index in [9.17, 15) is 19.5 Å². The molecule has 10 heteroatoms. The lowest BCUT2D eigenvalue weighted by Gasteiger charge is -2.34. The molecule has 0 radical (unpaired) electrons. The molecule has 1 aromatic carbocycles. The lowest BCUT2D eigenvalue weighted by Crippen LogP contribution is -2.50. The summed E-state index contributed by atoms with van der Waals surface area (Å²) in [5.74, 6) is 0.682. The van der Waals surface area contributed by atoms with Gasteiger partial charge in [-0.3, -0.25) is 14.4 Å². The molecule has 10 nitrogen and oxygen atoms in total. The molecule has 1 aromatic rings. The van der Waals surface area contributed by atoms with Crippen LogP contribution in [0.1, 0.15) is 45.1 Å². The second-order valence-corrected chi connectivity index (χ2v) is 9.62. The molecule has 0 saturated heterocycles. The fraction of sp³-hybridized carbons (Fsp3) is 0.654. The number of hydrogen-bond donors (Lipinski definition) is 5. The molecule has 0 saturated carbocycles. The van der Waals surface area contributed by atoms with E-state index in [0.717, 1.165) is 12.0 Å². The van der Waals surface area contributed by atoms with Gasteiger partial charge in [0, 0.05) is 32.6 Å². The molecule has 2 bridgehead atoms. The first kappa shape index (κ1) is 29.4. The second kappa shape index (κ2) is 15.3. The quantitative estimate of drug-likeness (QED) is 0.344. The van der Waals surface area contributed by atoms with Gasteiger partial charge in [0.1, 0.15) is 0 Å². The minimum absolute atomic E-state index is 0.117. The van der Waals surface area contributed by atoms with E-state index in [1.165, 1.54) is 7.11 Å². The van der Waals surface area contributed by atoms with Crippen molar-refractivity contribution in [1.29, 1.82) is 0 Å². The third-order valence-electron chi connectivity index (χ3n) is 6.21. The molecule has 36 heavy (non-hydrogen) atoms. The molecule has 0 fully saturated rings. The fourth-order valence-electron chi connectivity index (χ4n) is 4.11. The van der Waals surface area contributed by atoms with Crippen LogP contribution in [-0.4, -0.2) is 75.9 Å². The minimum atomic E-state index is -0.913. The number of rotatable bonds is 7. The van der Waals surface area contributed by atoms with Crippen molar-refractivity contribution in [3.8, 4) is 11.5 Å². The lowest BCUT2D eigenvalue weighted by molar-refractivity contribution is -0.132. The predicted molar refractivity (Wildman–Crippen MR) is 137 cm³/mol. The Labute approximate surface area is 213 Å². The summed E-state index contributed by atoms with van der Waals surface area (Å²) < 4.78 is 11.2. The van der Waals surface area contributed by atoms with E-state index in [-0.39, 0.29) is 44.0 Å². The third-order valence-corrected chi connectivity index (χ3v) is 6.21. The van der Waals surface area contributed by atoms with Crippen molar-refractivity contribution in [2.45, 2.75) is 46.0 Å². The smallest absolute Gasteiger partial charge is 0.257 e. The Morgan fingerprint density at radius 2 is 2.00 bits per heavy atom. The Hall–Kier alpha value is -2.85. The molecule has 0 spiro atoms. The number of methoxy groups -OCH3 is 1. The van der Waals surface area contributed by atoms with Gasteiger partial charge in [-0.15, -0.1) is 0 Å². The average Bonchev–Trinajstić information content (AvgIpc) is 2.86. The Kier molecular flexibility index (Phi) is 12.5. The van der Waals surface area contributed by atoms with Gasteiger partial charge < -0.3 is 35.8 Å². The molecule has 0 aliphatic carbocycles. The Bertz CT molecular complexity index is 863. The number of carbonyl (C=O) groups excluding carboxylic acids is 3. The van der Waals surface area contributed by atoms with Crippen LogP contribution in [0.25, 0.3) is 0 Å². The highest BCUT2D eigenvalue weighted by Gasteiger charge is 2.39. The van der Waals surface area contributed by atoms with Gasteiger partial charge in [0.2, 0.25) is 11.8 Å². The molecule has 0 aromatic heterocycles. The lowest BCUT2D eigenvalue weighted by atomic mass is 9.75. The number of ether oxygens (including phenoxy) is 2. The first-order valence-electron chi connectivity index (χ1n) is 12.7. The van der Waals surface area contributed by atoms with Crippen molar-refractivity contribution in [3.63, 3.8) is 0 Å². The van der Waals surface area contributed by atoms with Crippen LogP contribution in [0.2, 0.25) is 0 Å². The van der Waals surface area contributed by atoms with Gasteiger partial charge in [0.15, 0.2) is 18.1 Å². The summed E-state index contributed by atoms with van der Waals surface area (Å²) in [5.41, 5.74) is -0.0771. The summed E-state index contributed by atoms with van der Waals surface area (Å²) in [6.07, 6.45) is 2.67. The maximum absolute atomic E-state index is 13.5. The minimum Gasteiger partial charge on any atom is -0.493 e. The number of nitrogens with one attached hydrogen (secondary N) is 4. The van der Waals surface area contributed by atoms with Gasteiger partial charge in [-0.1, -0.05) is 19.9 Å². The monoisotopic (exact) mass is 506 g/mol. The van der Waals surface area contributed by atoms with Crippen LogP contribution < -0.4 is 30.7 Å². The van der Waals surface area contributed by atoms with Crippen LogP contribution in [0.4, 0.5) is 0 Å². The number of amides is 3. The summed E-state index contributed by atoms with van der Waals surface area (Å²) in [7, 11) is 1.52. The highest BCUT2D eigenvalue weighted by Crippen LogP contribution is 2.35. The normalized spacial score (nSPS) is 20.4. The average molecular weight is 507 g/mol. The highest BCUT2D eigenvalue weighted by atomic mass is 16.5. The molecule has 202 valence electrons. The second-order valence-electron chi connectivity index (χ2n) is 9.62. The molecule has 2 heterocycles. The largest absolute Gasteiger partial charge is 0.493 e. The van der Waals surface area contributed by atoms with Crippen LogP contribution in [0.15, 0.2) is 18.2 Å². The Morgan fingerprint density at radius 3 is 2.72 bits per heavy atom. The summed E-state index contributed by atoms with van der Waals surface area (Å²) >= 11 is 0. The van der Waals surface area contributed by atoms with E-state index in [1.807, 2.05) is 6.07 Å². The van der Waals surface area contributed by atoms with Crippen molar-refractivity contribution in [3.05, 3.63) is 23.8 Å². The van der Waals surface area contributed by atoms with Gasteiger partial charge in [-0.2, -0.15) is 0 Å². The molecule has 1 atom stereocenters. The van der Waals surface area contributed by atoms with E-state index in [0.29, 0.717) is 62.7 Å². The molecule has 1 unspecified atom stereocenters. The van der Waals surface area contributed by atoms with Crippen LogP contribution in [0.5, 0.6) is 11.5 Å². The van der Waals surface area contributed by atoms with Gasteiger partial charge in [-0.25, -0.2) is 0 Å². The van der Waals surface area contributed by atoms with Crippen molar-refractivity contribution in [2.24, 2.45) is 11.3 Å². The zero-order valence-corrected chi connectivity index (χ0v) is 21.8. The van der Waals surface area contributed by atoms with E-state index >= 15 is 0 Å². The zero-order valence-electron chi connectivity index (χ0n) is 21.8. The first-order chi connectivity index (χ1) is 17.3. The number of carbonyl (C=O) groups is 3. The molecule has 2 aliphatic heterocycles. The molecular formula is C26H42N4O6.